The first-order valence-corrected chi connectivity index (χ1v) is 6.97. The molecule has 1 N–H and O–H groups in total. The topological polar surface area (TPSA) is 52.7 Å². The van der Waals surface area contributed by atoms with Crippen molar-refractivity contribution in [3.63, 3.8) is 0 Å². The van der Waals surface area contributed by atoms with Crippen molar-refractivity contribution in [2.24, 2.45) is 0 Å². The molecule has 5 nitrogen and oxygen atoms in total. The van der Waals surface area contributed by atoms with Gasteiger partial charge in [-0.3, -0.25) is 0 Å². The second-order valence-electron chi connectivity index (χ2n) is 3.83. The van der Waals surface area contributed by atoms with E-state index in [-0.39, 0.29) is 13.1 Å². The number of halogens is 3. The summed E-state index contributed by atoms with van der Waals surface area (Å²) < 4.78 is 61.9. The Hall–Kier alpha value is -0.380. The molecule has 0 fully saturated rings. The molecule has 0 radical (unpaired) electrons. The van der Waals surface area contributed by atoms with Crippen molar-refractivity contribution in [2.75, 3.05) is 40.3 Å². The summed E-state index contributed by atoms with van der Waals surface area (Å²) in [7, 11) is -1.05. The highest BCUT2D eigenvalue weighted by Gasteiger charge is 2.36. The number of nitrogens with zero attached hydrogens (tertiary/aromatic N) is 2. The zero-order valence-electron chi connectivity index (χ0n) is 10.8. The molecule has 0 aliphatic heterocycles. The molecule has 0 spiro atoms. The molecule has 0 aliphatic rings. The molecule has 0 atom stereocenters. The van der Waals surface area contributed by atoms with E-state index in [4.69, 9.17) is 0 Å². The van der Waals surface area contributed by atoms with Gasteiger partial charge in [-0.15, -0.1) is 0 Å². The minimum Gasteiger partial charge on any atom is -0.320 e. The van der Waals surface area contributed by atoms with Crippen LogP contribution in [0.15, 0.2) is 0 Å². The van der Waals surface area contributed by atoms with Gasteiger partial charge in [0.2, 0.25) is 0 Å². The molecule has 0 aromatic carbocycles. The van der Waals surface area contributed by atoms with Crippen LogP contribution < -0.4 is 5.32 Å². The maximum absolute atomic E-state index is 12.3. The third-order valence-electron chi connectivity index (χ3n) is 2.33. The molecule has 0 heterocycles. The molecule has 18 heavy (non-hydrogen) atoms. The van der Waals surface area contributed by atoms with E-state index in [0.717, 1.165) is 4.31 Å². The fourth-order valence-electron chi connectivity index (χ4n) is 1.35. The molecule has 0 saturated heterocycles. The Kier molecular flexibility index (Phi) is 7.11. The molecule has 0 saturated carbocycles. The number of alkyl halides is 3. The Bertz CT molecular complexity index is 332. The Morgan fingerprint density at radius 1 is 1.28 bits per heavy atom. The molecular weight excluding hydrogens is 271 g/mol. The first-order valence-electron chi connectivity index (χ1n) is 5.58. The van der Waals surface area contributed by atoms with Crippen molar-refractivity contribution in [3.05, 3.63) is 0 Å². The van der Waals surface area contributed by atoms with E-state index in [2.05, 4.69) is 5.32 Å². The fourth-order valence-corrected chi connectivity index (χ4v) is 2.74. The molecule has 0 amide bonds. The van der Waals surface area contributed by atoms with Gasteiger partial charge in [-0.1, -0.05) is 6.92 Å². The summed E-state index contributed by atoms with van der Waals surface area (Å²) in [4.78, 5) is 0. The van der Waals surface area contributed by atoms with Crippen molar-refractivity contribution < 1.29 is 21.6 Å². The fraction of sp³-hybridized carbons (Fsp3) is 1.00. The Labute approximate surface area is 106 Å². The van der Waals surface area contributed by atoms with Gasteiger partial charge in [0, 0.05) is 20.1 Å². The number of hydrogen-bond donors (Lipinski definition) is 1. The van der Waals surface area contributed by atoms with Gasteiger partial charge in [-0.25, -0.2) is 0 Å². The largest absolute Gasteiger partial charge is 0.402 e. The van der Waals surface area contributed by atoms with Crippen LogP contribution >= 0.6 is 0 Å². The van der Waals surface area contributed by atoms with E-state index in [9.17, 15) is 21.6 Å². The van der Waals surface area contributed by atoms with Crippen LogP contribution in [0.1, 0.15) is 13.3 Å². The van der Waals surface area contributed by atoms with Gasteiger partial charge in [0.05, 0.1) is 0 Å². The molecule has 9 heteroatoms. The van der Waals surface area contributed by atoms with Crippen molar-refractivity contribution in [1.82, 2.24) is 13.9 Å². The van der Waals surface area contributed by atoms with Crippen LogP contribution in [0.5, 0.6) is 0 Å². The van der Waals surface area contributed by atoms with Crippen LogP contribution in [0.25, 0.3) is 0 Å². The first kappa shape index (κ1) is 17.6. The van der Waals surface area contributed by atoms with Gasteiger partial charge in [0.15, 0.2) is 0 Å². The van der Waals surface area contributed by atoms with Crippen LogP contribution in [-0.4, -0.2) is 63.5 Å². The monoisotopic (exact) mass is 291 g/mol. The van der Waals surface area contributed by atoms with E-state index < -0.39 is 22.9 Å². The van der Waals surface area contributed by atoms with E-state index in [1.54, 1.807) is 7.05 Å². The Balaban J connectivity index is 4.65. The van der Waals surface area contributed by atoms with Crippen molar-refractivity contribution in [1.29, 1.82) is 0 Å². The van der Waals surface area contributed by atoms with Gasteiger partial charge >= 0.3 is 6.18 Å². The summed E-state index contributed by atoms with van der Waals surface area (Å²) in [5, 5.41) is 2.84. The highest BCUT2D eigenvalue weighted by molar-refractivity contribution is 7.86. The zero-order valence-corrected chi connectivity index (χ0v) is 11.6. The van der Waals surface area contributed by atoms with Crippen LogP contribution in [-0.2, 0) is 10.2 Å². The SMILES string of the molecule is CCN(CC(F)(F)F)S(=O)(=O)N(C)CCCNC. The lowest BCUT2D eigenvalue weighted by molar-refractivity contribution is -0.136. The average molecular weight is 291 g/mol. The van der Waals surface area contributed by atoms with Crippen molar-refractivity contribution in [3.8, 4) is 0 Å². The first-order chi connectivity index (χ1) is 8.15. The van der Waals surface area contributed by atoms with Gasteiger partial charge in [-0.05, 0) is 20.0 Å². The molecule has 0 aromatic heterocycles. The summed E-state index contributed by atoms with van der Waals surface area (Å²) in [6.45, 7) is 0.494. The maximum Gasteiger partial charge on any atom is 0.402 e. The minimum atomic E-state index is -4.53. The van der Waals surface area contributed by atoms with Gasteiger partial charge in [0.25, 0.3) is 10.2 Å². The number of rotatable bonds is 8. The summed E-state index contributed by atoms with van der Waals surface area (Å²) >= 11 is 0. The van der Waals surface area contributed by atoms with Gasteiger partial charge in [0.1, 0.15) is 6.54 Å². The Morgan fingerprint density at radius 3 is 2.22 bits per heavy atom. The molecule has 0 aliphatic carbocycles. The highest BCUT2D eigenvalue weighted by Crippen LogP contribution is 2.19. The van der Waals surface area contributed by atoms with E-state index >= 15 is 0 Å². The molecule has 0 aromatic rings. The van der Waals surface area contributed by atoms with E-state index in [0.29, 0.717) is 17.3 Å². The third-order valence-corrected chi connectivity index (χ3v) is 4.34. The molecule has 0 unspecified atom stereocenters. The molecular formula is C9H20F3N3O2S. The van der Waals surface area contributed by atoms with Crippen LogP contribution in [0.4, 0.5) is 13.2 Å². The molecule has 0 rings (SSSR count). The van der Waals surface area contributed by atoms with Crippen LogP contribution in [0.2, 0.25) is 0 Å². The summed E-state index contributed by atoms with van der Waals surface area (Å²) in [6.07, 6.45) is -4.00. The number of hydrogen-bond acceptors (Lipinski definition) is 3. The lowest BCUT2D eigenvalue weighted by Gasteiger charge is -2.27. The summed E-state index contributed by atoms with van der Waals surface area (Å²) in [6, 6.07) is 0. The average Bonchev–Trinajstić information content (AvgIpc) is 2.24. The van der Waals surface area contributed by atoms with Gasteiger partial charge < -0.3 is 5.32 Å². The predicted molar refractivity (Wildman–Crippen MR) is 63.4 cm³/mol. The third kappa shape index (κ3) is 5.98. The molecule has 110 valence electrons. The lowest BCUT2D eigenvalue weighted by atomic mass is 10.4. The Morgan fingerprint density at radius 2 is 1.83 bits per heavy atom. The normalized spacial score (nSPS) is 13.6. The smallest absolute Gasteiger partial charge is 0.320 e. The second-order valence-corrected chi connectivity index (χ2v) is 5.86. The van der Waals surface area contributed by atoms with Crippen molar-refractivity contribution in [2.45, 2.75) is 19.5 Å². The minimum absolute atomic E-state index is 0.178. The summed E-state index contributed by atoms with van der Waals surface area (Å²) in [5.74, 6) is 0. The number of nitrogens with one attached hydrogen (secondary N) is 1. The van der Waals surface area contributed by atoms with Gasteiger partial charge in [-0.2, -0.15) is 30.2 Å². The van der Waals surface area contributed by atoms with E-state index in [1.807, 2.05) is 0 Å². The quantitative estimate of drug-likeness (QED) is 0.668. The van der Waals surface area contributed by atoms with E-state index in [1.165, 1.54) is 14.0 Å². The van der Waals surface area contributed by atoms with Crippen molar-refractivity contribution >= 4 is 10.2 Å². The molecule has 0 bridgehead atoms. The van der Waals surface area contributed by atoms with Crippen LogP contribution in [0.3, 0.4) is 0 Å². The lowest BCUT2D eigenvalue weighted by Crippen LogP contribution is -2.46. The predicted octanol–water partition coefficient (Wildman–Crippen LogP) is 0.657. The van der Waals surface area contributed by atoms with Crippen LogP contribution in [0, 0.1) is 0 Å². The second kappa shape index (κ2) is 7.27. The highest BCUT2D eigenvalue weighted by atomic mass is 32.2. The zero-order chi connectivity index (χ0) is 14.4. The maximum atomic E-state index is 12.3. The standard InChI is InChI=1S/C9H20F3N3O2S/c1-4-15(8-9(10,11)12)18(16,17)14(3)7-5-6-13-2/h13H,4-8H2,1-3H3. The summed E-state index contributed by atoms with van der Waals surface area (Å²) in [5.41, 5.74) is 0.